The molecule has 140 valence electrons. The molecule has 1 unspecified atom stereocenters. The van der Waals surface area contributed by atoms with Gasteiger partial charge in [0.05, 0.1) is 0 Å². The van der Waals surface area contributed by atoms with Gasteiger partial charge in [0.2, 0.25) is 11.8 Å². The van der Waals surface area contributed by atoms with E-state index in [2.05, 4.69) is 43.8 Å². The molecule has 0 aliphatic carbocycles. The number of fused-ring (bicyclic) bond motifs is 1. The van der Waals surface area contributed by atoms with Crippen LogP contribution in [0.15, 0.2) is 36.9 Å². The summed E-state index contributed by atoms with van der Waals surface area (Å²) >= 11 is 0. The molecule has 0 bridgehead atoms. The first-order valence-electron chi connectivity index (χ1n) is 9.48. The van der Waals surface area contributed by atoms with Crippen molar-refractivity contribution in [1.29, 1.82) is 0 Å². The second-order valence-corrected chi connectivity index (χ2v) is 7.54. The Morgan fingerprint density at radius 3 is 2.50 bits per heavy atom. The molecule has 1 atom stereocenters. The summed E-state index contributed by atoms with van der Waals surface area (Å²) in [6, 6.07) is 8.63. The summed E-state index contributed by atoms with van der Waals surface area (Å²) in [6.07, 6.45) is 4.86. The minimum Gasteiger partial charge on any atom is -0.339 e. The summed E-state index contributed by atoms with van der Waals surface area (Å²) in [7, 11) is 4.17. The molecule has 2 aliphatic heterocycles. The predicted molar refractivity (Wildman–Crippen MR) is 104 cm³/mol. The van der Waals surface area contributed by atoms with Crippen LogP contribution in [-0.2, 0) is 16.0 Å². The Hall–Kier alpha value is -2.14. The fraction of sp³-hybridized carbons (Fsp3) is 0.524. The van der Waals surface area contributed by atoms with Crippen molar-refractivity contribution in [2.45, 2.75) is 31.7 Å². The van der Waals surface area contributed by atoms with E-state index in [1.54, 1.807) is 4.90 Å². The zero-order chi connectivity index (χ0) is 18.7. The Morgan fingerprint density at radius 1 is 1.15 bits per heavy atom. The molecule has 5 nitrogen and oxygen atoms in total. The molecule has 1 aromatic rings. The SMILES string of the molecule is C=CC(=O)N1CCC(C(=O)N2CC(N(C)C)CCc3ccccc32)CC1. The van der Waals surface area contributed by atoms with Crippen LogP contribution in [0.3, 0.4) is 0 Å². The van der Waals surface area contributed by atoms with Gasteiger partial charge in [-0.25, -0.2) is 0 Å². The number of para-hydroxylation sites is 1. The molecule has 1 saturated heterocycles. The van der Waals surface area contributed by atoms with Crippen molar-refractivity contribution in [1.82, 2.24) is 9.80 Å². The molecule has 0 saturated carbocycles. The Kier molecular flexibility index (Phi) is 5.77. The van der Waals surface area contributed by atoms with Gasteiger partial charge in [0.25, 0.3) is 0 Å². The van der Waals surface area contributed by atoms with Gasteiger partial charge in [0.1, 0.15) is 0 Å². The number of amides is 2. The maximum absolute atomic E-state index is 13.4. The van der Waals surface area contributed by atoms with Gasteiger partial charge in [-0.05, 0) is 57.5 Å². The lowest BCUT2D eigenvalue weighted by Crippen LogP contribution is -2.47. The number of aryl methyl sites for hydroxylation is 1. The van der Waals surface area contributed by atoms with Gasteiger partial charge in [-0.3, -0.25) is 9.59 Å². The third kappa shape index (κ3) is 3.83. The van der Waals surface area contributed by atoms with Crippen molar-refractivity contribution in [3.05, 3.63) is 42.5 Å². The van der Waals surface area contributed by atoms with Gasteiger partial charge in [0.15, 0.2) is 0 Å². The molecule has 0 spiro atoms. The number of carbonyl (C=O) groups is 2. The number of nitrogens with zero attached hydrogens (tertiary/aromatic N) is 3. The minimum absolute atomic E-state index is 0.0159. The zero-order valence-corrected chi connectivity index (χ0v) is 15.9. The normalized spacial score (nSPS) is 21.3. The summed E-state index contributed by atoms with van der Waals surface area (Å²) in [5.41, 5.74) is 2.32. The summed E-state index contributed by atoms with van der Waals surface area (Å²) < 4.78 is 0. The predicted octanol–water partition coefficient (Wildman–Crippen LogP) is 2.32. The van der Waals surface area contributed by atoms with E-state index >= 15 is 0 Å². The Morgan fingerprint density at radius 2 is 1.85 bits per heavy atom. The maximum atomic E-state index is 13.4. The van der Waals surface area contributed by atoms with E-state index in [1.165, 1.54) is 11.6 Å². The molecule has 0 radical (unpaired) electrons. The Balaban J connectivity index is 1.78. The van der Waals surface area contributed by atoms with Crippen LogP contribution in [0.25, 0.3) is 0 Å². The fourth-order valence-electron chi connectivity index (χ4n) is 4.03. The van der Waals surface area contributed by atoms with E-state index in [-0.39, 0.29) is 17.7 Å². The summed E-state index contributed by atoms with van der Waals surface area (Å²) in [5, 5.41) is 0. The molecule has 2 heterocycles. The lowest BCUT2D eigenvalue weighted by Gasteiger charge is -2.35. The summed E-state index contributed by atoms with van der Waals surface area (Å²) in [6.45, 7) is 5.55. The highest BCUT2D eigenvalue weighted by atomic mass is 16.2. The first-order chi connectivity index (χ1) is 12.5. The van der Waals surface area contributed by atoms with E-state index in [1.807, 2.05) is 11.0 Å². The average molecular weight is 355 g/mol. The third-order valence-corrected chi connectivity index (χ3v) is 5.75. The van der Waals surface area contributed by atoms with E-state index in [0.29, 0.717) is 19.1 Å². The number of likely N-dealkylation sites (N-methyl/N-ethyl adjacent to an activating group) is 1. The summed E-state index contributed by atoms with van der Waals surface area (Å²) in [5.74, 6) is 0.151. The standard InChI is InChI=1S/C21H29N3O2/c1-4-20(25)23-13-11-17(12-14-23)21(26)24-15-18(22(2)3)10-9-16-7-5-6-8-19(16)24/h4-8,17-18H,1,9-15H2,2-3H3. The highest BCUT2D eigenvalue weighted by Crippen LogP contribution is 2.30. The molecule has 1 fully saturated rings. The molecule has 3 rings (SSSR count). The highest BCUT2D eigenvalue weighted by molar-refractivity contribution is 5.96. The van der Waals surface area contributed by atoms with Crippen LogP contribution >= 0.6 is 0 Å². The lowest BCUT2D eigenvalue weighted by molar-refractivity contribution is -0.131. The number of piperidine rings is 1. The molecule has 2 amide bonds. The quantitative estimate of drug-likeness (QED) is 0.782. The van der Waals surface area contributed by atoms with E-state index < -0.39 is 0 Å². The minimum atomic E-state index is -0.0383. The zero-order valence-electron chi connectivity index (χ0n) is 15.9. The van der Waals surface area contributed by atoms with Gasteiger partial charge >= 0.3 is 0 Å². The van der Waals surface area contributed by atoms with Crippen molar-refractivity contribution in [3.63, 3.8) is 0 Å². The largest absolute Gasteiger partial charge is 0.339 e. The van der Waals surface area contributed by atoms with Crippen LogP contribution in [-0.4, -0.2) is 61.4 Å². The molecule has 0 aromatic heterocycles. The van der Waals surface area contributed by atoms with Crippen LogP contribution in [0, 0.1) is 5.92 Å². The van der Waals surface area contributed by atoms with Crippen molar-refractivity contribution in [2.24, 2.45) is 5.92 Å². The highest BCUT2D eigenvalue weighted by Gasteiger charge is 2.33. The van der Waals surface area contributed by atoms with Gasteiger partial charge in [-0.15, -0.1) is 0 Å². The number of benzene rings is 1. The molecule has 1 aromatic carbocycles. The van der Waals surface area contributed by atoms with Crippen LogP contribution in [0.5, 0.6) is 0 Å². The number of hydrogen-bond acceptors (Lipinski definition) is 3. The van der Waals surface area contributed by atoms with E-state index in [4.69, 9.17) is 0 Å². The van der Waals surface area contributed by atoms with Gasteiger partial charge in [-0.2, -0.15) is 0 Å². The third-order valence-electron chi connectivity index (χ3n) is 5.75. The molecule has 2 aliphatic rings. The monoisotopic (exact) mass is 355 g/mol. The number of likely N-dealkylation sites (tertiary alicyclic amines) is 1. The van der Waals surface area contributed by atoms with Crippen molar-refractivity contribution in [2.75, 3.05) is 38.6 Å². The first kappa shape index (κ1) is 18.6. The first-order valence-corrected chi connectivity index (χ1v) is 9.48. The maximum Gasteiger partial charge on any atom is 0.245 e. The summed E-state index contributed by atoms with van der Waals surface area (Å²) in [4.78, 5) is 31.2. The number of anilines is 1. The van der Waals surface area contributed by atoms with Crippen molar-refractivity contribution in [3.8, 4) is 0 Å². The van der Waals surface area contributed by atoms with E-state index in [0.717, 1.165) is 37.9 Å². The van der Waals surface area contributed by atoms with Crippen molar-refractivity contribution >= 4 is 17.5 Å². The van der Waals surface area contributed by atoms with Crippen LogP contribution in [0.4, 0.5) is 5.69 Å². The van der Waals surface area contributed by atoms with E-state index in [9.17, 15) is 9.59 Å². The average Bonchev–Trinajstić information content (AvgIpc) is 2.87. The Bertz CT molecular complexity index is 678. The second-order valence-electron chi connectivity index (χ2n) is 7.54. The molecule has 26 heavy (non-hydrogen) atoms. The van der Waals surface area contributed by atoms with Gasteiger partial charge < -0.3 is 14.7 Å². The Labute approximate surface area is 156 Å². The van der Waals surface area contributed by atoms with Gasteiger partial charge in [-0.1, -0.05) is 24.8 Å². The van der Waals surface area contributed by atoms with Crippen molar-refractivity contribution < 1.29 is 9.59 Å². The fourth-order valence-corrected chi connectivity index (χ4v) is 4.03. The van der Waals surface area contributed by atoms with Gasteiger partial charge in [0, 0.05) is 37.3 Å². The molecular weight excluding hydrogens is 326 g/mol. The molecular formula is C21H29N3O2. The van der Waals surface area contributed by atoms with Crippen LogP contribution in [0.1, 0.15) is 24.8 Å². The number of rotatable bonds is 3. The molecule has 5 heteroatoms. The number of hydrogen-bond donors (Lipinski definition) is 0. The number of carbonyl (C=O) groups excluding carboxylic acids is 2. The second kappa shape index (κ2) is 8.04. The van der Waals surface area contributed by atoms with Crippen LogP contribution in [0.2, 0.25) is 0 Å². The topological polar surface area (TPSA) is 43.9 Å². The lowest BCUT2D eigenvalue weighted by atomic mass is 9.94. The smallest absolute Gasteiger partial charge is 0.245 e. The molecule has 0 N–H and O–H groups in total. The van der Waals surface area contributed by atoms with Crippen LogP contribution < -0.4 is 4.90 Å².